The first kappa shape index (κ1) is 14.3. The molecule has 0 radical (unpaired) electrons. The largest absolute Gasteiger partial charge is 0.338 e. The number of nitrogens with zero attached hydrogens (tertiary/aromatic N) is 4. The third-order valence-electron chi connectivity index (χ3n) is 3.70. The van der Waals surface area contributed by atoms with Gasteiger partial charge in [0, 0.05) is 28.5 Å². The van der Waals surface area contributed by atoms with Gasteiger partial charge in [0.2, 0.25) is 5.89 Å². The lowest BCUT2D eigenvalue weighted by atomic mass is 10.3. The molecule has 0 spiro atoms. The highest BCUT2D eigenvalue weighted by molar-refractivity contribution is 7.83. The summed E-state index contributed by atoms with van der Waals surface area (Å²) in [5, 5.41) is 8.26. The molecule has 3 aromatic rings. The van der Waals surface area contributed by atoms with Gasteiger partial charge in [0.15, 0.2) is 5.82 Å². The quantitative estimate of drug-likeness (QED) is 0.695. The lowest BCUT2D eigenvalue weighted by Gasteiger charge is -1.99. The van der Waals surface area contributed by atoms with Gasteiger partial charge >= 0.3 is 0 Å². The molecule has 0 saturated heterocycles. The topological polar surface area (TPSA) is 73.8 Å². The summed E-state index contributed by atoms with van der Waals surface area (Å²) < 4.78 is 19.2. The van der Waals surface area contributed by atoms with Crippen molar-refractivity contribution in [1.82, 2.24) is 19.9 Å². The Morgan fingerprint density at radius 1 is 1.22 bits per heavy atom. The molecule has 7 heteroatoms. The summed E-state index contributed by atoms with van der Waals surface area (Å²) in [6.07, 6.45) is 5.90. The highest BCUT2D eigenvalue weighted by Crippen LogP contribution is 2.38. The Kier molecular flexibility index (Phi) is 3.78. The second kappa shape index (κ2) is 6.08. The Hall–Kier alpha value is -2.28. The fraction of sp³-hybridized carbons (Fsp3) is 0.312. The molecule has 1 atom stereocenters. The summed E-state index contributed by atoms with van der Waals surface area (Å²) >= 11 is 0. The van der Waals surface area contributed by atoms with Crippen molar-refractivity contribution in [2.24, 2.45) is 0 Å². The van der Waals surface area contributed by atoms with Crippen LogP contribution in [0.1, 0.15) is 36.0 Å². The summed E-state index contributed by atoms with van der Waals surface area (Å²) in [6.45, 7) is 0. The zero-order chi connectivity index (χ0) is 15.6. The normalized spacial score (nSPS) is 15.7. The van der Waals surface area contributed by atoms with E-state index in [1.165, 1.54) is 0 Å². The summed E-state index contributed by atoms with van der Waals surface area (Å²) in [7, 11) is -1.09. The Bertz CT molecular complexity index is 823. The maximum Gasteiger partial charge on any atom is 0.239 e. The minimum atomic E-state index is -1.09. The molecule has 4 rings (SSSR count). The Morgan fingerprint density at radius 2 is 2.04 bits per heavy atom. The van der Waals surface area contributed by atoms with E-state index in [1.807, 2.05) is 36.5 Å². The first-order valence-corrected chi connectivity index (χ1v) is 9.03. The van der Waals surface area contributed by atoms with Gasteiger partial charge in [-0.25, -0.2) is 4.68 Å². The Morgan fingerprint density at radius 3 is 2.83 bits per heavy atom. The predicted molar refractivity (Wildman–Crippen MR) is 85.4 cm³/mol. The summed E-state index contributed by atoms with van der Waals surface area (Å²) in [4.78, 5) is 4.31. The van der Waals surface area contributed by atoms with Crippen LogP contribution in [0.5, 0.6) is 0 Å². The van der Waals surface area contributed by atoms with Crippen LogP contribution < -0.4 is 0 Å². The van der Waals surface area contributed by atoms with E-state index in [0.29, 0.717) is 17.6 Å². The smallest absolute Gasteiger partial charge is 0.239 e. The van der Waals surface area contributed by atoms with Crippen molar-refractivity contribution in [3.05, 3.63) is 60.0 Å². The van der Waals surface area contributed by atoms with Gasteiger partial charge in [-0.05, 0) is 25.0 Å². The number of rotatable bonds is 6. The molecule has 23 heavy (non-hydrogen) atoms. The van der Waals surface area contributed by atoms with Crippen LogP contribution in [0, 0.1) is 0 Å². The molecule has 0 aliphatic heterocycles. The van der Waals surface area contributed by atoms with E-state index in [1.54, 1.807) is 10.9 Å². The van der Waals surface area contributed by atoms with Gasteiger partial charge in [0.05, 0.1) is 17.6 Å². The molecule has 1 aliphatic rings. The average molecular weight is 328 g/mol. The molecule has 1 aromatic carbocycles. The van der Waals surface area contributed by atoms with Crippen LogP contribution in [-0.4, -0.2) is 24.1 Å². The van der Waals surface area contributed by atoms with Gasteiger partial charge in [-0.1, -0.05) is 23.4 Å². The first-order valence-electron chi connectivity index (χ1n) is 7.54. The first-order chi connectivity index (χ1) is 11.3. The van der Waals surface area contributed by atoms with Gasteiger partial charge in [-0.15, -0.1) is 0 Å². The standard InChI is InChI=1S/C16H16N4O2S/c21-23(11-15-18-16(19-22-15)13-6-7-13)10-12-8-17-20(9-12)14-4-2-1-3-5-14/h1-5,8-9,13H,6-7,10-11H2/t23-/m1/s1. The molecule has 2 heterocycles. The van der Waals surface area contributed by atoms with Crippen molar-refractivity contribution in [1.29, 1.82) is 0 Å². The summed E-state index contributed by atoms with van der Waals surface area (Å²) in [6, 6.07) is 9.84. The van der Waals surface area contributed by atoms with Crippen LogP contribution in [0.25, 0.3) is 5.69 Å². The lowest BCUT2D eigenvalue weighted by Crippen LogP contribution is -1.99. The molecule has 6 nitrogen and oxygen atoms in total. The highest BCUT2D eigenvalue weighted by atomic mass is 32.2. The van der Waals surface area contributed by atoms with Crippen molar-refractivity contribution in [3.63, 3.8) is 0 Å². The minimum absolute atomic E-state index is 0.288. The monoisotopic (exact) mass is 328 g/mol. The fourth-order valence-electron chi connectivity index (χ4n) is 2.37. The average Bonchev–Trinajstić information content (AvgIpc) is 3.14. The molecule has 0 amide bonds. The van der Waals surface area contributed by atoms with E-state index in [4.69, 9.17) is 4.52 Å². The summed E-state index contributed by atoms with van der Waals surface area (Å²) in [5.74, 6) is 2.38. The second-order valence-corrected chi connectivity index (χ2v) is 7.13. The zero-order valence-electron chi connectivity index (χ0n) is 12.5. The predicted octanol–water partition coefficient (Wildman–Crippen LogP) is 2.58. The van der Waals surface area contributed by atoms with Crippen molar-refractivity contribution in [3.8, 4) is 5.69 Å². The lowest BCUT2D eigenvalue weighted by molar-refractivity contribution is 0.384. The summed E-state index contributed by atoms with van der Waals surface area (Å²) in [5.41, 5.74) is 1.91. The van der Waals surface area contributed by atoms with Gasteiger partial charge in [-0.2, -0.15) is 10.1 Å². The van der Waals surface area contributed by atoms with Gasteiger partial charge in [0.25, 0.3) is 0 Å². The molecule has 0 unspecified atom stereocenters. The minimum Gasteiger partial charge on any atom is -0.338 e. The third kappa shape index (κ3) is 3.39. The molecule has 1 saturated carbocycles. The van der Waals surface area contributed by atoms with Gasteiger partial charge in [-0.3, -0.25) is 4.21 Å². The molecular weight excluding hydrogens is 312 g/mol. The maximum atomic E-state index is 12.3. The van der Waals surface area contributed by atoms with Crippen molar-refractivity contribution < 1.29 is 8.73 Å². The zero-order valence-corrected chi connectivity index (χ0v) is 13.3. The van der Waals surface area contributed by atoms with E-state index >= 15 is 0 Å². The Balaban J connectivity index is 1.39. The van der Waals surface area contributed by atoms with Crippen molar-refractivity contribution >= 4 is 10.8 Å². The number of benzene rings is 1. The van der Waals surface area contributed by atoms with Crippen LogP contribution in [-0.2, 0) is 22.3 Å². The van der Waals surface area contributed by atoms with Crippen LogP contribution in [0.4, 0.5) is 0 Å². The molecule has 2 aromatic heterocycles. The molecular formula is C16H16N4O2S. The van der Waals surface area contributed by atoms with Crippen LogP contribution in [0.3, 0.4) is 0 Å². The van der Waals surface area contributed by atoms with Crippen LogP contribution >= 0.6 is 0 Å². The van der Waals surface area contributed by atoms with Crippen molar-refractivity contribution in [2.45, 2.75) is 30.3 Å². The highest BCUT2D eigenvalue weighted by Gasteiger charge is 2.28. The van der Waals surface area contributed by atoms with Crippen LogP contribution in [0.2, 0.25) is 0 Å². The number of para-hydroxylation sites is 1. The van der Waals surface area contributed by atoms with E-state index in [0.717, 1.165) is 29.9 Å². The number of hydrogen-bond donors (Lipinski definition) is 0. The molecule has 0 N–H and O–H groups in total. The number of aromatic nitrogens is 4. The third-order valence-corrected chi connectivity index (χ3v) is 4.92. The fourth-order valence-corrected chi connectivity index (χ4v) is 3.38. The molecule has 1 aliphatic carbocycles. The Labute approximate surface area is 136 Å². The molecule has 1 fully saturated rings. The van der Waals surface area contributed by atoms with E-state index in [2.05, 4.69) is 15.2 Å². The van der Waals surface area contributed by atoms with Crippen LogP contribution in [0.15, 0.2) is 47.2 Å². The molecule has 118 valence electrons. The van der Waals surface area contributed by atoms with Gasteiger partial charge < -0.3 is 4.52 Å². The van der Waals surface area contributed by atoms with Gasteiger partial charge in [0.1, 0.15) is 5.75 Å². The van der Waals surface area contributed by atoms with E-state index in [9.17, 15) is 4.21 Å². The van der Waals surface area contributed by atoms with Crippen molar-refractivity contribution in [2.75, 3.05) is 0 Å². The second-order valence-electron chi connectivity index (χ2n) is 5.68. The van der Waals surface area contributed by atoms with E-state index < -0.39 is 10.8 Å². The SMILES string of the molecule is O=[S@](Cc1cnn(-c2ccccc2)c1)Cc1nc(C2CC2)no1. The maximum absolute atomic E-state index is 12.3. The molecule has 0 bridgehead atoms. The van der Waals surface area contributed by atoms with E-state index in [-0.39, 0.29) is 5.75 Å². The number of hydrogen-bond acceptors (Lipinski definition) is 5.